The van der Waals surface area contributed by atoms with Gasteiger partial charge in [-0.25, -0.2) is 4.39 Å². The van der Waals surface area contributed by atoms with Gasteiger partial charge in [0, 0.05) is 23.6 Å². The number of carbonyl (C=O) groups excluding carboxylic acids is 2. The highest BCUT2D eigenvalue weighted by Crippen LogP contribution is 2.29. The van der Waals surface area contributed by atoms with Crippen LogP contribution in [0.15, 0.2) is 72.8 Å². The van der Waals surface area contributed by atoms with Crippen molar-refractivity contribution in [3.05, 3.63) is 95.3 Å². The van der Waals surface area contributed by atoms with Gasteiger partial charge in [0.2, 0.25) is 5.91 Å². The van der Waals surface area contributed by atoms with Crippen molar-refractivity contribution < 1.29 is 14.0 Å². The van der Waals surface area contributed by atoms with Crippen LogP contribution in [0.1, 0.15) is 21.5 Å². The highest BCUT2D eigenvalue weighted by Gasteiger charge is 2.26. The Morgan fingerprint density at radius 1 is 1.00 bits per heavy atom. The van der Waals surface area contributed by atoms with Gasteiger partial charge in [0.15, 0.2) is 0 Å². The van der Waals surface area contributed by atoms with Crippen LogP contribution in [0.3, 0.4) is 0 Å². The molecule has 3 aromatic carbocycles. The van der Waals surface area contributed by atoms with Gasteiger partial charge in [-0.15, -0.1) is 0 Å². The number of anilines is 2. The molecule has 0 aliphatic carbocycles. The van der Waals surface area contributed by atoms with Gasteiger partial charge in [-0.2, -0.15) is 11.8 Å². The van der Waals surface area contributed by atoms with Crippen molar-refractivity contribution >= 4 is 35.0 Å². The van der Waals surface area contributed by atoms with Crippen molar-refractivity contribution in [1.29, 1.82) is 0 Å². The summed E-state index contributed by atoms with van der Waals surface area (Å²) >= 11 is 1.49. The maximum atomic E-state index is 13.8. The van der Waals surface area contributed by atoms with E-state index < -0.39 is 6.04 Å². The molecule has 0 unspecified atom stereocenters. The number of amides is 2. The lowest BCUT2D eigenvalue weighted by atomic mass is 10.1. The quantitative estimate of drug-likeness (QED) is 0.475. The Morgan fingerprint density at radius 3 is 2.59 bits per heavy atom. The minimum absolute atomic E-state index is 0.167. The molecular weight excluding hydrogens is 425 g/mol. The Kier molecular flexibility index (Phi) is 7.07. The molecule has 5 nitrogen and oxygen atoms in total. The van der Waals surface area contributed by atoms with E-state index in [-0.39, 0.29) is 17.6 Å². The number of rotatable bonds is 8. The van der Waals surface area contributed by atoms with Gasteiger partial charge in [-0.3, -0.25) is 9.59 Å². The van der Waals surface area contributed by atoms with Gasteiger partial charge >= 0.3 is 0 Å². The normalized spacial score (nSPS) is 14.8. The van der Waals surface area contributed by atoms with Crippen molar-refractivity contribution in [3.63, 3.8) is 0 Å². The van der Waals surface area contributed by atoms with E-state index in [2.05, 4.69) is 16.0 Å². The number of hydrogen-bond acceptors (Lipinski definition) is 4. The van der Waals surface area contributed by atoms with Crippen molar-refractivity contribution in [2.75, 3.05) is 22.9 Å². The zero-order chi connectivity index (χ0) is 22.3. The summed E-state index contributed by atoms with van der Waals surface area (Å²) in [5.74, 6) is 0.413. The number of hydrogen-bond donors (Lipinski definition) is 3. The van der Waals surface area contributed by atoms with Gasteiger partial charge in [-0.1, -0.05) is 48.5 Å². The van der Waals surface area contributed by atoms with Crippen LogP contribution in [0.5, 0.6) is 0 Å². The predicted octanol–water partition coefficient (Wildman–Crippen LogP) is 4.46. The fourth-order valence-corrected chi connectivity index (χ4v) is 4.52. The lowest BCUT2D eigenvalue weighted by Gasteiger charge is -2.27. The number of halogens is 1. The molecule has 1 atom stereocenters. The first-order chi connectivity index (χ1) is 15.6. The van der Waals surface area contributed by atoms with E-state index in [4.69, 9.17) is 0 Å². The lowest BCUT2D eigenvalue weighted by molar-refractivity contribution is -0.116. The van der Waals surface area contributed by atoms with E-state index >= 15 is 0 Å². The summed E-state index contributed by atoms with van der Waals surface area (Å²) in [7, 11) is 0. The average molecular weight is 450 g/mol. The molecule has 1 aliphatic rings. The molecular formula is C25H24FN3O2S. The molecule has 32 heavy (non-hydrogen) atoms. The number of carbonyl (C=O) groups is 2. The van der Waals surface area contributed by atoms with Crippen molar-refractivity contribution in [2.24, 2.45) is 0 Å². The fraction of sp³-hybridized carbons (Fsp3) is 0.200. The topological polar surface area (TPSA) is 70.2 Å². The molecule has 3 aromatic rings. The van der Waals surface area contributed by atoms with Crippen LogP contribution >= 0.6 is 11.8 Å². The number of fused-ring (bicyclic) bond motifs is 1. The SMILES string of the molecule is O=C(NCCc1ccccc1)c1ccc2c(c1)NC(=O)[C@H](CSCc1ccccc1F)N2. The highest BCUT2D eigenvalue weighted by atomic mass is 32.2. The molecule has 0 aromatic heterocycles. The first kappa shape index (κ1) is 21.9. The van der Waals surface area contributed by atoms with Crippen LogP contribution in [0.25, 0.3) is 0 Å². The van der Waals surface area contributed by atoms with E-state index in [1.807, 2.05) is 30.3 Å². The summed E-state index contributed by atoms with van der Waals surface area (Å²) in [4.78, 5) is 25.0. The molecule has 0 fully saturated rings. The third-order valence-electron chi connectivity index (χ3n) is 5.23. The lowest BCUT2D eigenvalue weighted by Crippen LogP contribution is -2.40. The number of nitrogens with one attached hydrogen (secondary N) is 3. The maximum Gasteiger partial charge on any atom is 0.251 e. The summed E-state index contributed by atoms with van der Waals surface area (Å²) in [5.41, 5.74) is 3.62. The van der Waals surface area contributed by atoms with E-state index in [1.165, 1.54) is 17.8 Å². The Morgan fingerprint density at radius 2 is 1.78 bits per heavy atom. The van der Waals surface area contributed by atoms with Crippen LogP contribution in [0.4, 0.5) is 15.8 Å². The predicted molar refractivity (Wildman–Crippen MR) is 128 cm³/mol. The van der Waals surface area contributed by atoms with Crippen molar-refractivity contribution in [3.8, 4) is 0 Å². The van der Waals surface area contributed by atoms with E-state index in [0.29, 0.717) is 34.9 Å². The Bertz CT molecular complexity index is 1110. The average Bonchev–Trinajstić information content (AvgIpc) is 2.81. The number of thioether (sulfide) groups is 1. The molecule has 0 saturated heterocycles. The van der Waals surface area contributed by atoms with Crippen LogP contribution < -0.4 is 16.0 Å². The Balaban J connectivity index is 1.30. The minimum Gasteiger partial charge on any atom is -0.371 e. The molecule has 0 bridgehead atoms. The summed E-state index contributed by atoms with van der Waals surface area (Å²) in [5, 5.41) is 9.01. The van der Waals surface area contributed by atoms with Crippen LogP contribution in [0, 0.1) is 5.82 Å². The molecule has 2 amide bonds. The first-order valence-electron chi connectivity index (χ1n) is 10.4. The third-order valence-corrected chi connectivity index (χ3v) is 6.31. The minimum atomic E-state index is -0.426. The standard InChI is InChI=1S/C25H24FN3O2S/c26-20-9-5-4-8-19(20)15-32-16-23-25(31)29-22-14-18(10-11-21(22)28-23)24(30)27-13-12-17-6-2-1-3-7-17/h1-11,14,23,28H,12-13,15-16H2,(H,27,30)(H,29,31)/t23-/m0/s1. The van der Waals surface area contributed by atoms with E-state index in [0.717, 1.165) is 17.7 Å². The molecule has 0 radical (unpaired) electrons. The summed E-state index contributed by atoms with van der Waals surface area (Å²) in [6, 6.07) is 21.4. The molecule has 164 valence electrons. The second-order valence-corrected chi connectivity index (χ2v) is 8.57. The van der Waals surface area contributed by atoms with Crippen LogP contribution in [0.2, 0.25) is 0 Å². The van der Waals surface area contributed by atoms with Gasteiger partial charge in [0.25, 0.3) is 5.91 Å². The molecule has 4 rings (SSSR count). The Hall–Kier alpha value is -3.32. The zero-order valence-electron chi connectivity index (χ0n) is 17.4. The molecule has 3 N–H and O–H groups in total. The molecule has 0 spiro atoms. The fourth-order valence-electron chi connectivity index (χ4n) is 3.47. The third kappa shape index (κ3) is 5.48. The van der Waals surface area contributed by atoms with Crippen molar-refractivity contribution in [1.82, 2.24) is 5.32 Å². The number of benzene rings is 3. The van der Waals surface area contributed by atoms with Gasteiger partial charge in [-0.05, 0) is 41.8 Å². The van der Waals surface area contributed by atoms with Crippen molar-refractivity contribution in [2.45, 2.75) is 18.2 Å². The van der Waals surface area contributed by atoms with Crippen LogP contribution in [-0.4, -0.2) is 30.2 Å². The largest absolute Gasteiger partial charge is 0.371 e. The second kappa shape index (κ2) is 10.3. The summed E-state index contributed by atoms with van der Waals surface area (Å²) in [6.07, 6.45) is 0.752. The van der Waals surface area contributed by atoms with Gasteiger partial charge in [0.1, 0.15) is 11.9 Å². The maximum absolute atomic E-state index is 13.8. The summed E-state index contributed by atoms with van der Waals surface area (Å²) in [6.45, 7) is 0.534. The molecule has 1 aliphatic heterocycles. The van der Waals surface area contributed by atoms with E-state index in [1.54, 1.807) is 36.4 Å². The van der Waals surface area contributed by atoms with Crippen LogP contribution in [-0.2, 0) is 17.0 Å². The molecule has 7 heteroatoms. The zero-order valence-corrected chi connectivity index (χ0v) is 18.3. The van der Waals surface area contributed by atoms with Gasteiger partial charge < -0.3 is 16.0 Å². The van der Waals surface area contributed by atoms with Gasteiger partial charge in [0.05, 0.1) is 11.4 Å². The molecule has 0 saturated carbocycles. The molecule has 1 heterocycles. The highest BCUT2D eigenvalue weighted by molar-refractivity contribution is 7.98. The second-order valence-electron chi connectivity index (χ2n) is 7.54. The van der Waals surface area contributed by atoms with E-state index in [9.17, 15) is 14.0 Å². The Labute approximate surface area is 190 Å². The first-order valence-corrected chi connectivity index (χ1v) is 11.6. The monoisotopic (exact) mass is 449 g/mol. The summed E-state index contributed by atoms with van der Waals surface area (Å²) < 4.78 is 13.8. The smallest absolute Gasteiger partial charge is 0.251 e.